The first-order valence-electron chi connectivity index (χ1n) is 15.5. The second-order valence-electron chi connectivity index (χ2n) is 11.8. The van der Waals surface area contributed by atoms with E-state index < -0.39 is 6.04 Å². The summed E-state index contributed by atoms with van der Waals surface area (Å²) in [7, 11) is 1.76. The molecule has 10 heteroatoms. The first-order valence-corrected chi connectivity index (χ1v) is 15.5. The van der Waals surface area contributed by atoms with E-state index in [-0.39, 0.29) is 54.6 Å². The van der Waals surface area contributed by atoms with Gasteiger partial charge in [-0.1, -0.05) is 25.1 Å². The van der Waals surface area contributed by atoms with E-state index in [2.05, 4.69) is 10.3 Å². The Morgan fingerprint density at radius 3 is 2.51 bits per heavy atom. The number of rotatable bonds is 7. The molecule has 45 heavy (non-hydrogen) atoms. The SMILES string of the molecule is C[C@@H]1CCCCO[C@H](CN(C)C(=O)c2ccccc2)[C@H](C)CN([C@@H](C)CO)C(=O)c2cc(NC(=O)c3ccncc3)ccc2O1. The molecule has 0 saturated carbocycles. The topological polar surface area (TPSA) is 121 Å². The Labute approximate surface area is 265 Å². The minimum absolute atomic E-state index is 0.108. The van der Waals surface area contributed by atoms with E-state index in [0.29, 0.717) is 35.7 Å². The van der Waals surface area contributed by atoms with Gasteiger partial charge in [0.2, 0.25) is 0 Å². The van der Waals surface area contributed by atoms with Crippen LogP contribution in [0.1, 0.15) is 71.1 Å². The molecule has 2 aromatic carbocycles. The summed E-state index contributed by atoms with van der Waals surface area (Å²) in [6.45, 7) is 6.60. The molecule has 240 valence electrons. The summed E-state index contributed by atoms with van der Waals surface area (Å²) in [6, 6.07) is 16.9. The third-order valence-corrected chi connectivity index (χ3v) is 8.07. The van der Waals surface area contributed by atoms with E-state index in [1.54, 1.807) is 78.6 Å². The van der Waals surface area contributed by atoms with Gasteiger partial charge in [-0.15, -0.1) is 0 Å². The molecule has 2 heterocycles. The monoisotopic (exact) mass is 616 g/mol. The lowest BCUT2D eigenvalue weighted by molar-refractivity contribution is -0.0149. The number of ether oxygens (including phenoxy) is 2. The van der Waals surface area contributed by atoms with Gasteiger partial charge < -0.3 is 29.7 Å². The number of amides is 3. The van der Waals surface area contributed by atoms with Crippen LogP contribution in [0.3, 0.4) is 0 Å². The molecule has 3 amide bonds. The molecule has 4 atom stereocenters. The molecule has 0 aliphatic carbocycles. The summed E-state index contributed by atoms with van der Waals surface area (Å²) in [6.07, 6.45) is 4.97. The maximum atomic E-state index is 14.3. The number of aliphatic hydroxyl groups excluding tert-OH is 1. The highest BCUT2D eigenvalue weighted by molar-refractivity contribution is 6.05. The molecule has 0 radical (unpaired) electrons. The van der Waals surface area contributed by atoms with E-state index in [0.717, 1.165) is 19.3 Å². The summed E-state index contributed by atoms with van der Waals surface area (Å²) < 4.78 is 12.6. The van der Waals surface area contributed by atoms with Crippen molar-refractivity contribution in [2.24, 2.45) is 5.92 Å². The molecule has 1 aromatic heterocycles. The van der Waals surface area contributed by atoms with Crippen LogP contribution in [0, 0.1) is 5.92 Å². The Kier molecular flexibility index (Phi) is 12.1. The average molecular weight is 617 g/mol. The lowest BCUT2D eigenvalue weighted by atomic mass is 10.0. The predicted molar refractivity (Wildman–Crippen MR) is 172 cm³/mol. The van der Waals surface area contributed by atoms with Crippen molar-refractivity contribution in [2.75, 3.05) is 38.7 Å². The first-order chi connectivity index (χ1) is 21.7. The van der Waals surface area contributed by atoms with E-state index in [9.17, 15) is 19.5 Å². The molecule has 2 N–H and O–H groups in total. The van der Waals surface area contributed by atoms with Crippen molar-refractivity contribution in [1.82, 2.24) is 14.8 Å². The maximum absolute atomic E-state index is 14.3. The van der Waals surface area contributed by atoms with Crippen molar-refractivity contribution in [3.05, 3.63) is 89.7 Å². The number of aliphatic hydroxyl groups is 1. The standard InChI is InChI=1S/C35H44N4O6/c1-24-21-39(25(2)23-40)35(43)30-20-29(37-33(41)27-15-17-36-18-16-27)13-14-31(30)45-26(3)10-8-9-19-44-32(24)22-38(4)34(42)28-11-6-5-7-12-28/h5-7,11-18,20,24-26,32,40H,8-10,19,21-23H2,1-4H3,(H,37,41)/t24-,25+,26-,32-/m1/s1. The fourth-order valence-electron chi connectivity index (χ4n) is 5.32. The van der Waals surface area contributed by atoms with Gasteiger partial charge in [-0.25, -0.2) is 0 Å². The number of carbonyl (C=O) groups is 3. The summed E-state index contributed by atoms with van der Waals surface area (Å²) in [4.78, 5) is 47.6. The Bertz CT molecular complexity index is 1420. The zero-order valence-electron chi connectivity index (χ0n) is 26.5. The zero-order chi connectivity index (χ0) is 32.3. The van der Waals surface area contributed by atoms with Gasteiger partial charge in [-0.2, -0.15) is 0 Å². The van der Waals surface area contributed by atoms with Crippen LogP contribution in [-0.2, 0) is 4.74 Å². The quantitative estimate of drug-likeness (QED) is 0.387. The molecular weight excluding hydrogens is 572 g/mol. The van der Waals surface area contributed by atoms with Gasteiger partial charge in [0.1, 0.15) is 5.75 Å². The molecule has 0 saturated heterocycles. The first kappa shape index (κ1) is 33.6. The van der Waals surface area contributed by atoms with Crippen LogP contribution < -0.4 is 10.1 Å². The van der Waals surface area contributed by atoms with E-state index in [1.165, 1.54) is 0 Å². The summed E-state index contributed by atoms with van der Waals surface area (Å²) in [5.41, 5.74) is 1.75. The summed E-state index contributed by atoms with van der Waals surface area (Å²) in [5, 5.41) is 13.1. The number of fused-ring (bicyclic) bond motifs is 1. The smallest absolute Gasteiger partial charge is 0.258 e. The largest absolute Gasteiger partial charge is 0.490 e. The van der Waals surface area contributed by atoms with Crippen LogP contribution >= 0.6 is 0 Å². The van der Waals surface area contributed by atoms with Crippen molar-refractivity contribution >= 4 is 23.4 Å². The van der Waals surface area contributed by atoms with Crippen LogP contribution in [0.2, 0.25) is 0 Å². The second kappa shape index (κ2) is 16.2. The molecule has 0 bridgehead atoms. The van der Waals surface area contributed by atoms with Crippen LogP contribution in [0.25, 0.3) is 0 Å². The predicted octanol–water partition coefficient (Wildman–Crippen LogP) is 4.90. The van der Waals surface area contributed by atoms with Gasteiger partial charge >= 0.3 is 0 Å². The highest BCUT2D eigenvalue weighted by atomic mass is 16.5. The van der Waals surface area contributed by atoms with E-state index in [1.807, 2.05) is 32.0 Å². The molecule has 0 unspecified atom stereocenters. The fourth-order valence-corrected chi connectivity index (χ4v) is 5.32. The van der Waals surface area contributed by atoms with Crippen LogP contribution in [0.5, 0.6) is 5.75 Å². The number of hydrogen-bond donors (Lipinski definition) is 2. The number of anilines is 1. The molecule has 1 aliphatic rings. The summed E-state index contributed by atoms with van der Waals surface area (Å²) >= 11 is 0. The minimum atomic E-state index is -0.516. The fraction of sp³-hybridized carbons (Fsp3) is 0.429. The number of nitrogens with one attached hydrogen (secondary N) is 1. The van der Waals surface area contributed by atoms with Gasteiger partial charge in [0.15, 0.2) is 0 Å². The molecule has 4 rings (SSSR count). The minimum Gasteiger partial charge on any atom is -0.490 e. The number of aromatic nitrogens is 1. The number of likely N-dealkylation sites (N-methyl/N-ethyl adjacent to an activating group) is 1. The number of pyridine rings is 1. The average Bonchev–Trinajstić information content (AvgIpc) is 3.06. The Hall–Kier alpha value is -4.28. The normalized spacial score (nSPS) is 20.2. The molecular formula is C35H44N4O6. The molecule has 10 nitrogen and oxygen atoms in total. The third kappa shape index (κ3) is 9.12. The number of carbonyl (C=O) groups excluding carboxylic acids is 3. The number of nitrogens with zero attached hydrogens (tertiary/aromatic N) is 3. The third-order valence-electron chi connectivity index (χ3n) is 8.07. The number of hydrogen-bond acceptors (Lipinski definition) is 7. The van der Waals surface area contributed by atoms with Crippen molar-refractivity contribution in [1.29, 1.82) is 0 Å². The number of benzene rings is 2. The van der Waals surface area contributed by atoms with Crippen LogP contribution in [0.4, 0.5) is 5.69 Å². The highest BCUT2D eigenvalue weighted by Gasteiger charge is 2.31. The molecule has 0 fully saturated rings. The van der Waals surface area contributed by atoms with Crippen LogP contribution in [-0.4, -0.2) is 89.2 Å². The Balaban J connectivity index is 1.63. The van der Waals surface area contributed by atoms with E-state index >= 15 is 0 Å². The van der Waals surface area contributed by atoms with Crippen LogP contribution in [0.15, 0.2) is 73.1 Å². The van der Waals surface area contributed by atoms with E-state index in [4.69, 9.17) is 9.47 Å². The Morgan fingerprint density at radius 2 is 1.80 bits per heavy atom. The molecule has 0 spiro atoms. The lowest BCUT2D eigenvalue weighted by Crippen LogP contribution is -2.48. The van der Waals surface area contributed by atoms with Crippen molar-refractivity contribution in [2.45, 2.75) is 58.3 Å². The molecule has 3 aromatic rings. The Morgan fingerprint density at radius 1 is 1.07 bits per heavy atom. The van der Waals surface area contributed by atoms with Gasteiger partial charge in [0, 0.05) is 61.9 Å². The van der Waals surface area contributed by atoms with Crippen molar-refractivity contribution in [3.8, 4) is 5.75 Å². The van der Waals surface area contributed by atoms with Gasteiger partial charge in [-0.05, 0) is 75.6 Å². The van der Waals surface area contributed by atoms with Gasteiger partial charge in [-0.3, -0.25) is 19.4 Å². The lowest BCUT2D eigenvalue weighted by Gasteiger charge is -2.36. The van der Waals surface area contributed by atoms with Gasteiger partial charge in [0.25, 0.3) is 17.7 Å². The second-order valence-corrected chi connectivity index (χ2v) is 11.8. The zero-order valence-corrected chi connectivity index (χ0v) is 26.5. The summed E-state index contributed by atoms with van der Waals surface area (Å²) in [5.74, 6) is -0.549. The van der Waals surface area contributed by atoms with Crippen molar-refractivity contribution < 1.29 is 29.0 Å². The van der Waals surface area contributed by atoms with Crippen molar-refractivity contribution in [3.63, 3.8) is 0 Å². The van der Waals surface area contributed by atoms with Gasteiger partial charge in [0.05, 0.1) is 30.4 Å². The highest BCUT2D eigenvalue weighted by Crippen LogP contribution is 2.29. The maximum Gasteiger partial charge on any atom is 0.258 e. The molecule has 1 aliphatic heterocycles.